The third kappa shape index (κ3) is 2.74. The lowest BCUT2D eigenvalue weighted by Gasteiger charge is -2.31. The van der Waals surface area contributed by atoms with Crippen molar-refractivity contribution in [2.24, 2.45) is 7.05 Å². The summed E-state index contributed by atoms with van der Waals surface area (Å²) in [6.07, 6.45) is 3.38. The highest BCUT2D eigenvalue weighted by Gasteiger charge is 2.22. The largest absolute Gasteiger partial charge is 0.336 e. The Morgan fingerprint density at radius 1 is 1.62 bits per heavy atom. The van der Waals surface area contributed by atoms with E-state index in [1.807, 2.05) is 11.9 Å². The molecule has 16 heavy (non-hydrogen) atoms. The molecule has 0 bridgehead atoms. The van der Waals surface area contributed by atoms with Crippen LogP contribution in [0.1, 0.15) is 17.3 Å². The molecule has 2 rings (SSSR count). The Kier molecular flexibility index (Phi) is 4.32. The first kappa shape index (κ1) is 13.0. The lowest BCUT2D eigenvalue weighted by Crippen LogP contribution is -2.51. The van der Waals surface area contributed by atoms with Crippen molar-refractivity contribution in [3.8, 4) is 0 Å². The maximum atomic E-state index is 12.0. The molecule has 2 heterocycles. The molecule has 6 heteroatoms. The van der Waals surface area contributed by atoms with Gasteiger partial charge in [0.05, 0.1) is 11.8 Å². The van der Waals surface area contributed by atoms with Crippen LogP contribution in [-0.4, -0.2) is 46.3 Å². The number of amides is 1. The Hall–Kier alpha value is -1.07. The van der Waals surface area contributed by atoms with Gasteiger partial charge in [-0.15, -0.1) is 12.4 Å². The van der Waals surface area contributed by atoms with Gasteiger partial charge in [0, 0.05) is 38.9 Å². The van der Waals surface area contributed by atoms with Gasteiger partial charge in [-0.3, -0.25) is 9.48 Å². The molecule has 1 unspecified atom stereocenters. The number of aryl methyl sites for hydroxylation is 1. The van der Waals surface area contributed by atoms with Crippen molar-refractivity contribution in [3.63, 3.8) is 0 Å². The van der Waals surface area contributed by atoms with Crippen molar-refractivity contribution in [2.45, 2.75) is 13.0 Å². The first-order valence-corrected chi connectivity index (χ1v) is 5.18. The van der Waals surface area contributed by atoms with Gasteiger partial charge in [-0.05, 0) is 6.92 Å². The summed E-state index contributed by atoms with van der Waals surface area (Å²) in [6.45, 7) is 4.50. The van der Waals surface area contributed by atoms with E-state index in [4.69, 9.17) is 0 Å². The third-order valence-corrected chi connectivity index (χ3v) is 2.61. The predicted octanol–water partition coefficient (Wildman–Crippen LogP) is 0.276. The smallest absolute Gasteiger partial charge is 0.257 e. The Morgan fingerprint density at radius 3 is 2.94 bits per heavy atom. The van der Waals surface area contributed by atoms with Gasteiger partial charge >= 0.3 is 0 Å². The Balaban J connectivity index is 0.00000128. The molecule has 90 valence electrons. The first-order chi connectivity index (χ1) is 7.16. The van der Waals surface area contributed by atoms with Crippen LogP contribution in [0.15, 0.2) is 12.4 Å². The summed E-state index contributed by atoms with van der Waals surface area (Å²) in [6, 6.07) is 0.374. The van der Waals surface area contributed by atoms with E-state index in [1.54, 1.807) is 17.1 Å². The summed E-state index contributed by atoms with van der Waals surface area (Å²) < 4.78 is 1.65. The van der Waals surface area contributed by atoms with Crippen LogP contribution < -0.4 is 5.32 Å². The van der Waals surface area contributed by atoms with E-state index in [0.717, 1.165) is 19.6 Å². The van der Waals surface area contributed by atoms with Gasteiger partial charge in [0.15, 0.2) is 0 Å². The number of carbonyl (C=O) groups is 1. The minimum atomic E-state index is 0. The number of aromatic nitrogens is 2. The molecule has 1 aliphatic rings. The number of piperazine rings is 1. The van der Waals surface area contributed by atoms with Crippen molar-refractivity contribution < 1.29 is 4.79 Å². The fraction of sp³-hybridized carbons (Fsp3) is 0.600. The normalized spacial score (nSPS) is 20.4. The van der Waals surface area contributed by atoms with Crippen LogP contribution in [0.5, 0.6) is 0 Å². The lowest BCUT2D eigenvalue weighted by molar-refractivity contribution is 0.0709. The zero-order valence-electron chi connectivity index (χ0n) is 9.51. The summed E-state index contributed by atoms with van der Waals surface area (Å²) >= 11 is 0. The van der Waals surface area contributed by atoms with Gasteiger partial charge in [-0.1, -0.05) is 0 Å². The van der Waals surface area contributed by atoms with Crippen LogP contribution in [0, 0.1) is 0 Å². The molecule has 0 spiro atoms. The number of nitrogens with one attached hydrogen (secondary N) is 1. The van der Waals surface area contributed by atoms with Crippen LogP contribution in [0.2, 0.25) is 0 Å². The van der Waals surface area contributed by atoms with Crippen molar-refractivity contribution >= 4 is 18.3 Å². The number of halogens is 1. The fourth-order valence-corrected chi connectivity index (χ4v) is 1.83. The van der Waals surface area contributed by atoms with Crippen molar-refractivity contribution in [2.75, 3.05) is 19.6 Å². The Bertz CT molecular complexity index is 365. The van der Waals surface area contributed by atoms with E-state index in [1.165, 1.54) is 0 Å². The molecular formula is C10H17ClN4O. The minimum Gasteiger partial charge on any atom is -0.336 e. The van der Waals surface area contributed by atoms with E-state index in [0.29, 0.717) is 11.6 Å². The average Bonchev–Trinajstić information content (AvgIpc) is 2.64. The number of hydrogen-bond donors (Lipinski definition) is 1. The van der Waals surface area contributed by atoms with Gasteiger partial charge in [-0.2, -0.15) is 5.10 Å². The van der Waals surface area contributed by atoms with E-state index in [-0.39, 0.29) is 18.3 Å². The van der Waals surface area contributed by atoms with Crippen LogP contribution in [0.3, 0.4) is 0 Å². The minimum absolute atomic E-state index is 0. The summed E-state index contributed by atoms with van der Waals surface area (Å²) in [5.74, 6) is 0.0800. The van der Waals surface area contributed by atoms with E-state index in [2.05, 4.69) is 17.3 Å². The first-order valence-electron chi connectivity index (χ1n) is 5.18. The van der Waals surface area contributed by atoms with Crippen LogP contribution in [0.25, 0.3) is 0 Å². The molecule has 5 nitrogen and oxygen atoms in total. The molecule has 1 atom stereocenters. The second-order valence-corrected chi connectivity index (χ2v) is 4.01. The molecular weight excluding hydrogens is 228 g/mol. The Morgan fingerprint density at radius 2 is 2.38 bits per heavy atom. The van der Waals surface area contributed by atoms with Gasteiger partial charge in [-0.25, -0.2) is 0 Å². The number of rotatable bonds is 1. The molecule has 1 aromatic rings. The maximum Gasteiger partial charge on any atom is 0.257 e. The number of carbonyl (C=O) groups excluding carboxylic acids is 1. The lowest BCUT2D eigenvalue weighted by atomic mass is 10.2. The third-order valence-electron chi connectivity index (χ3n) is 2.61. The Labute approximate surface area is 101 Å². The standard InChI is InChI=1S/C10H16N4O.ClH/c1-8-6-14(4-3-11-8)10(15)9-5-12-13(2)7-9;/h5,7-8,11H,3-4,6H2,1-2H3;1H. The highest BCUT2D eigenvalue weighted by atomic mass is 35.5. The molecule has 1 aromatic heterocycles. The van der Waals surface area contributed by atoms with Crippen molar-refractivity contribution in [1.29, 1.82) is 0 Å². The number of hydrogen-bond acceptors (Lipinski definition) is 3. The second-order valence-electron chi connectivity index (χ2n) is 4.01. The van der Waals surface area contributed by atoms with Gasteiger partial charge in [0.2, 0.25) is 0 Å². The molecule has 0 radical (unpaired) electrons. The quantitative estimate of drug-likeness (QED) is 0.772. The topological polar surface area (TPSA) is 50.2 Å². The molecule has 0 aromatic carbocycles. The second kappa shape index (κ2) is 5.32. The molecule has 0 saturated carbocycles. The summed E-state index contributed by atoms with van der Waals surface area (Å²) in [5, 5.41) is 7.31. The van der Waals surface area contributed by atoms with Crippen molar-refractivity contribution in [1.82, 2.24) is 20.0 Å². The van der Waals surface area contributed by atoms with Gasteiger partial charge in [0.1, 0.15) is 0 Å². The van der Waals surface area contributed by atoms with E-state index >= 15 is 0 Å². The molecule has 1 N–H and O–H groups in total. The zero-order chi connectivity index (χ0) is 10.8. The average molecular weight is 245 g/mol. The molecule has 1 aliphatic heterocycles. The maximum absolute atomic E-state index is 12.0. The van der Waals surface area contributed by atoms with Gasteiger partial charge in [0.25, 0.3) is 5.91 Å². The van der Waals surface area contributed by atoms with E-state index in [9.17, 15) is 4.79 Å². The SMILES string of the molecule is CC1CN(C(=O)c2cnn(C)c2)CCN1.Cl. The van der Waals surface area contributed by atoms with Crippen LogP contribution >= 0.6 is 12.4 Å². The summed E-state index contributed by atoms with van der Waals surface area (Å²) in [7, 11) is 1.82. The van der Waals surface area contributed by atoms with Crippen LogP contribution in [0.4, 0.5) is 0 Å². The fourth-order valence-electron chi connectivity index (χ4n) is 1.83. The highest BCUT2D eigenvalue weighted by Crippen LogP contribution is 2.06. The number of nitrogens with zero attached hydrogens (tertiary/aromatic N) is 3. The summed E-state index contributed by atoms with van der Waals surface area (Å²) in [4.78, 5) is 13.9. The molecule has 0 aliphatic carbocycles. The molecule has 1 saturated heterocycles. The monoisotopic (exact) mass is 244 g/mol. The summed E-state index contributed by atoms with van der Waals surface area (Å²) in [5.41, 5.74) is 0.673. The van der Waals surface area contributed by atoms with Gasteiger partial charge < -0.3 is 10.2 Å². The molecule has 1 amide bonds. The van der Waals surface area contributed by atoms with E-state index < -0.39 is 0 Å². The van der Waals surface area contributed by atoms with Crippen LogP contribution in [-0.2, 0) is 7.05 Å². The molecule has 1 fully saturated rings. The predicted molar refractivity (Wildman–Crippen MR) is 63.8 cm³/mol. The highest BCUT2D eigenvalue weighted by molar-refractivity contribution is 5.93. The zero-order valence-corrected chi connectivity index (χ0v) is 10.3. The van der Waals surface area contributed by atoms with Crippen molar-refractivity contribution in [3.05, 3.63) is 18.0 Å².